The van der Waals surface area contributed by atoms with E-state index in [1.54, 1.807) is 18.4 Å². The normalized spacial score (nSPS) is 19.2. The van der Waals surface area contributed by atoms with E-state index in [9.17, 15) is 0 Å². The summed E-state index contributed by atoms with van der Waals surface area (Å²) in [5.41, 5.74) is 6.23. The maximum Gasteiger partial charge on any atom is 0.0594 e. The number of thiophene rings is 1. The molecule has 0 radical (unpaired) electrons. The first kappa shape index (κ1) is 14.5. The van der Waals surface area contributed by atoms with Crippen LogP contribution >= 0.6 is 27.3 Å². The minimum Gasteiger partial charge on any atom is -0.383 e. The Bertz CT molecular complexity index is 379. The highest BCUT2D eigenvalue weighted by atomic mass is 79.9. The minimum absolute atomic E-state index is 0.132. The molecule has 3 nitrogen and oxygen atoms in total. The molecule has 0 aliphatic heterocycles. The standard InChI is InChI=1S/C13H21BrN2OS/c1-9(15)13(12-7-10(14)8-18-12)16(5-6-17-2)11-3-4-11/h7-9,11,13H,3-6,15H2,1-2H3. The maximum atomic E-state index is 6.23. The van der Waals surface area contributed by atoms with Gasteiger partial charge in [-0.1, -0.05) is 0 Å². The van der Waals surface area contributed by atoms with Crippen LogP contribution in [0.3, 0.4) is 0 Å². The van der Waals surface area contributed by atoms with Crippen LogP contribution in [0.1, 0.15) is 30.7 Å². The van der Waals surface area contributed by atoms with Crippen LogP contribution in [0.15, 0.2) is 15.9 Å². The van der Waals surface area contributed by atoms with Crippen molar-refractivity contribution < 1.29 is 4.74 Å². The van der Waals surface area contributed by atoms with Gasteiger partial charge in [-0.05, 0) is 41.8 Å². The van der Waals surface area contributed by atoms with Crippen molar-refractivity contribution in [2.24, 2.45) is 5.73 Å². The molecule has 2 unspecified atom stereocenters. The fourth-order valence-corrected chi connectivity index (χ4v) is 4.04. The van der Waals surface area contributed by atoms with Crippen molar-refractivity contribution in [3.63, 3.8) is 0 Å². The number of hydrogen-bond donors (Lipinski definition) is 1. The fraction of sp³-hybridized carbons (Fsp3) is 0.692. The lowest BCUT2D eigenvalue weighted by molar-refractivity contribution is 0.106. The van der Waals surface area contributed by atoms with Gasteiger partial charge in [0.2, 0.25) is 0 Å². The number of ether oxygens (including phenoxy) is 1. The van der Waals surface area contributed by atoms with Crippen molar-refractivity contribution in [1.82, 2.24) is 4.90 Å². The molecule has 1 saturated carbocycles. The van der Waals surface area contributed by atoms with Gasteiger partial charge in [0.05, 0.1) is 12.6 Å². The molecular formula is C13H21BrN2OS. The lowest BCUT2D eigenvalue weighted by Crippen LogP contribution is -2.42. The molecule has 1 aliphatic carbocycles. The summed E-state index contributed by atoms with van der Waals surface area (Å²) in [6, 6.07) is 3.33. The van der Waals surface area contributed by atoms with Gasteiger partial charge < -0.3 is 10.5 Å². The molecule has 2 atom stereocenters. The molecule has 5 heteroatoms. The molecule has 1 heterocycles. The Morgan fingerprint density at radius 1 is 1.61 bits per heavy atom. The zero-order valence-electron chi connectivity index (χ0n) is 10.9. The fourth-order valence-electron chi connectivity index (χ4n) is 2.36. The zero-order valence-corrected chi connectivity index (χ0v) is 13.3. The number of halogens is 1. The van der Waals surface area contributed by atoms with Gasteiger partial charge in [0.25, 0.3) is 0 Å². The van der Waals surface area contributed by atoms with E-state index in [0.717, 1.165) is 17.6 Å². The molecule has 0 bridgehead atoms. The Labute approximate surface area is 121 Å². The van der Waals surface area contributed by atoms with Crippen LogP contribution in [0.25, 0.3) is 0 Å². The van der Waals surface area contributed by atoms with Crippen LogP contribution in [-0.2, 0) is 4.74 Å². The van der Waals surface area contributed by atoms with Crippen molar-refractivity contribution in [2.45, 2.75) is 37.9 Å². The monoisotopic (exact) mass is 332 g/mol. The van der Waals surface area contributed by atoms with Crippen LogP contribution < -0.4 is 5.73 Å². The Kier molecular flexibility index (Phi) is 5.21. The summed E-state index contributed by atoms with van der Waals surface area (Å²) in [6.45, 7) is 3.83. The van der Waals surface area contributed by atoms with E-state index in [2.05, 4.69) is 39.2 Å². The number of nitrogens with zero attached hydrogens (tertiary/aromatic N) is 1. The molecule has 0 spiro atoms. The molecule has 18 heavy (non-hydrogen) atoms. The summed E-state index contributed by atoms with van der Waals surface area (Å²) >= 11 is 5.31. The third kappa shape index (κ3) is 3.54. The summed E-state index contributed by atoms with van der Waals surface area (Å²) < 4.78 is 6.38. The molecule has 2 rings (SSSR count). The lowest BCUT2D eigenvalue weighted by atomic mass is 10.1. The molecule has 1 aromatic heterocycles. The Balaban J connectivity index is 2.15. The first-order valence-corrected chi connectivity index (χ1v) is 8.05. The molecular weight excluding hydrogens is 312 g/mol. The third-order valence-electron chi connectivity index (χ3n) is 3.30. The maximum absolute atomic E-state index is 6.23. The van der Waals surface area contributed by atoms with Gasteiger partial charge in [-0.2, -0.15) is 0 Å². The number of hydrogen-bond acceptors (Lipinski definition) is 4. The van der Waals surface area contributed by atoms with Gasteiger partial charge >= 0.3 is 0 Å². The van der Waals surface area contributed by atoms with Crippen molar-refractivity contribution in [3.8, 4) is 0 Å². The van der Waals surface area contributed by atoms with Gasteiger partial charge in [-0.25, -0.2) is 0 Å². The van der Waals surface area contributed by atoms with Crippen molar-refractivity contribution in [3.05, 3.63) is 20.8 Å². The van der Waals surface area contributed by atoms with Crippen LogP contribution in [0, 0.1) is 0 Å². The van der Waals surface area contributed by atoms with Crippen LogP contribution in [0.5, 0.6) is 0 Å². The van der Waals surface area contributed by atoms with Gasteiger partial charge in [0, 0.05) is 40.5 Å². The highest BCUT2D eigenvalue weighted by molar-refractivity contribution is 9.10. The molecule has 0 amide bonds. The molecule has 1 aromatic rings. The highest BCUT2D eigenvalue weighted by Crippen LogP contribution is 2.38. The predicted molar refractivity (Wildman–Crippen MR) is 80.0 cm³/mol. The molecule has 0 aromatic carbocycles. The first-order chi connectivity index (χ1) is 8.63. The minimum atomic E-state index is 0.132. The van der Waals surface area contributed by atoms with Gasteiger partial charge in [0.1, 0.15) is 0 Å². The van der Waals surface area contributed by atoms with Gasteiger partial charge in [-0.15, -0.1) is 11.3 Å². The molecule has 1 aliphatic rings. The van der Waals surface area contributed by atoms with E-state index < -0.39 is 0 Å². The summed E-state index contributed by atoms with van der Waals surface area (Å²) in [7, 11) is 1.76. The van der Waals surface area contributed by atoms with E-state index in [4.69, 9.17) is 10.5 Å². The SMILES string of the molecule is COCCN(C1CC1)C(c1cc(Br)cs1)C(C)N. The Morgan fingerprint density at radius 2 is 2.33 bits per heavy atom. The summed E-state index contributed by atoms with van der Waals surface area (Å²) in [5, 5.41) is 2.13. The third-order valence-corrected chi connectivity index (χ3v) is 5.07. The lowest BCUT2D eigenvalue weighted by Gasteiger charge is -2.33. The van der Waals surface area contributed by atoms with E-state index in [1.165, 1.54) is 17.7 Å². The average molecular weight is 333 g/mol. The van der Waals surface area contributed by atoms with E-state index in [0.29, 0.717) is 12.1 Å². The molecule has 102 valence electrons. The smallest absolute Gasteiger partial charge is 0.0594 e. The second-order valence-electron chi connectivity index (χ2n) is 4.93. The van der Waals surface area contributed by atoms with E-state index in [1.807, 2.05) is 0 Å². The van der Waals surface area contributed by atoms with Crippen LogP contribution in [0.2, 0.25) is 0 Å². The van der Waals surface area contributed by atoms with Gasteiger partial charge in [-0.3, -0.25) is 4.90 Å². The van der Waals surface area contributed by atoms with Crippen molar-refractivity contribution in [1.29, 1.82) is 0 Å². The van der Waals surface area contributed by atoms with Gasteiger partial charge in [0.15, 0.2) is 0 Å². The van der Waals surface area contributed by atoms with E-state index in [-0.39, 0.29) is 6.04 Å². The van der Waals surface area contributed by atoms with E-state index >= 15 is 0 Å². The number of rotatable bonds is 7. The molecule has 2 N–H and O–H groups in total. The zero-order chi connectivity index (χ0) is 13.1. The largest absolute Gasteiger partial charge is 0.383 e. The number of methoxy groups -OCH3 is 1. The quantitative estimate of drug-likeness (QED) is 0.834. The predicted octanol–water partition coefficient (Wildman–Crippen LogP) is 3.01. The number of nitrogens with two attached hydrogens (primary N) is 1. The summed E-state index contributed by atoms with van der Waals surface area (Å²) in [4.78, 5) is 3.87. The molecule has 0 saturated heterocycles. The average Bonchev–Trinajstić information content (AvgIpc) is 3.07. The second-order valence-corrected chi connectivity index (χ2v) is 6.79. The highest BCUT2D eigenvalue weighted by Gasteiger charge is 2.36. The molecule has 1 fully saturated rings. The van der Waals surface area contributed by atoms with Crippen molar-refractivity contribution >= 4 is 27.3 Å². The Morgan fingerprint density at radius 3 is 2.78 bits per heavy atom. The van der Waals surface area contributed by atoms with Crippen LogP contribution in [-0.4, -0.2) is 37.2 Å². The summed E-state index contributed by atoms with van der Waals surface area (Å²) in [6.07, 6.45) is 2.58. The topological polar surface area (TPSA) is 38.5 Å². The first-order valence-electron chi connectivity index (χ1n) is 6.37. The van der Waals surface area contributed by atoms with Crippen molar-refractivity contribution in [2.75, 3.05) is 20.3 Å². The summed E-state index contributed by atoms with van der Waals surface area (Å²) in [5.74, 6) is 0. The van der Waals surface area contributed by atoms with Crippen LogP contribution in [0.4, 0.5) is 0 Å². The second kappa shape index (κ2) is 6.48. The Hall–Kier alpha value is 0.0600.